The van der Waals surface area contributed by atoms with Gasteiger partial charge in [0, 0.05) is 30.8 Å². The zero-order chi connectivity index (χ0) is 14.3. The molecule has 2 N–H and O–H groups in total. The van der Waals surface area contributed by atoms with Gasteiger partial charge in [0.2, 0.25) is 5.91 Å². The van der Waals surface area contributed by atoms with Gasteiger partial charge in [0.1, 0.15) is 0 Å². The van der Waals surface area contributed by atoms with Crippen LogP contribution in [0.4, 0.5) is 0 Å². The van der Waals surface area contributed by atoms with E-state index >= 15 is 0 Å². The molecule has 5 nitrogen and oxygen atoms in total. The summed E-state index contributed by atoms with van der Waals surface area (Å²) in [7, 11) is 0. The van der Waals surface area contributed by atoms with Crippen molar-refractivity contribution in [1.29, 1.82) is 0 Å². The summed E-state index contributed by atoms with van der Waals surface area (Å²) in [4.78, 5) is 26.1. The SMILES string of the molecule is Cc1cc(CNC(=O)CCCCC(=O)O)cc(C)n1. The molecule has 0 saturated heterocycles. The number of rotatable bonds is 7. The molecule has 1 aromatic heterocycles. The van der Waals surface area contributed by atoms with E-state index in [0.717, 1.165) is 17.0 Å². The Bertz CT molecular complexity index is 438. The van der Waals surface area contributed by atoms with E-state index in [4.69, 9.17) is 5.11 Å². The summed E-state index contributed by atoms with van der Waals surface area (Å²) in [6, 6.07) is 3.88. The smallest absolute Gasteiger partial charge is 0.303 e. The van der Waals surface area contributed by atoms with Crippen molar-refractivity contribution in [1.82, 2.24) is 10.3 Å². The van der Waals surface area contributed by atoms with Crippen LogP contribution in [0, 0.1) is 13.8 Å². The number of nitrogens with one attached hydrogen (secondary N) is 1. The molecule has 0 aliphatic rings. The Hall–Kier alpha value is -1.91. The maximum Gasteiger partial charge on any atom is 0.303 e. The molecule has 0 aromatic carbocycles. The number of hydrogen-bond donors (Lipinski definition) is 2. The molecule has 1 heterocycles. The van der Waals surface area contributed by atoms with Crippen molar-refractivity contribution in [3.63, 3.8) is 0 Å². The van der Waals surface area contributed by atoms with Crippen molar-refractivity contribution in [2.24, 2.45) is 0 Å². The van der Waals surface area contributed by atoms with E-state index in [1.165, 1.54) is 0 Å². The van der Waals surface area contributed by atoms with Crippen molar-refractivity contribution in [2.45, 2.75) is 46.1 Å². The number of carboxylic acid groups (broad SMARTS) is 1. The number of nitrogens with zero attached hydrogens (tertiary/aromatic N) is 1. The van der Waals surface area contributed by atoms with Gasteiger partial charge in [0.15, 0.2) is 0 Å². The first-order chi connectivity index (χ1) is 8.97. The quantitative estimate of drug-likeness (QED) is 0.738. The number of amides is 1. The van der Waals surface area contributed by atoms with Crippen molar-refractivity contribution in [2.75, 3.05) is 0 Å². The Morgan fingerprint density at radius 1 is 1.16 bits per heavy atom. The maximum absolute atomic E-state index is 11.6. The topological polar surface area (TPSA) is 79.3 Å². The van der Waals surface area contributed by atoms with Crippen LogP contribution in [0.15, 0.2) is 12.1 Å². The van der Waals surface area contributed by atoms with E-state index in [9.17, 15) is 9.59 Å². The summed E-state index contributed by atoms with van der Waals surface area (Å²) in [5.74, 6) is -0.861. The van der Waals surface area contributed by atoms with Crippen LogP contribution >= 0.6 is 0 Å². The number of aliphatic carboxylic acids is 1. The number of pyridine rings is 1. The van der Waals surface area contributed by atoms with E-state index in [-0.39, 0.29) is 12.3 Å². The first-order valence-corrected chi connectivity index (χ1v) is 6.40. The summed E-state index contributed by atoms with van der Waals surface area (Å²) in [5.41, 5.74) is 2.90. The Morgan fingerprint density at radius 2 is 1.74 bits per heavy atom. The number of unbranched alkanes of at least 4 members (excludes halogenated alkanes) is 1. The molecule has 5 heteroatoms. The first kappa shape index (κ1) is 15.1. The lowest BCUT2D eigenvalue weighted by Gasteiger charge is -2.07. The Balaban J connectivity index is 2.28. The number of carbonyl (C=O) groups excluding carboxylic acids is 1. The highest BCUT2D eigenvalue weighted by molar-refractivity contribution is 5.75. The second-order valence-electron chi connectivity index (χ2n) is 4.64. The van der Waals surface area contributed by atoms with Crippen LogP contribution in [-0.4, -0.2) is 22.0 Å². The highest BCUT2D eigenvalue weighted by Crippen LogP contribution is 2.05. The second kappa shape index (κ2) is 7.51. The number of carbonyl (C=O) groups is 2. The number of aryl methyl sites for hydroxylation is 2. The third-order valence-corrected chi connectivity index (χ3v) is 2.68. The molecule has 0 spiro atoms. The zero-order valence-electron chi connectivity index (χ0n) is 11.4. The predicted molar refractivity (Wildman–Crippen MR) is 71.7 cm³/mol. The fourth-order valence-corrected chi connectivity index (χ4v) is 1.87. The monoisotopic (exact) mass is 264 g/mol. The van der Waals surface area contributed by atoms with Gasteiger partial charge in [-0.1, -0.05) is 0 Å². The molecule has 0 fully saturated rings. The van der Waals surface area contributed by atoms with Gasteiger partial charge in [-0.2, -0.15) is 0 Å². The molecule has 0 bridgehead atoms. The third-order valence-electron chi connectivity index (χ3n) is 2.68. The Labute approximate surface area is 113 Å². The maximum atomic E-state index is 11.6. The minimum atomic E-state index is -0.817. The second-order valence-corrected chi connectivity index (χ2v) is 4.64. The standard InChI is InChI=1S/C14H20N2O3/c1-10-7-12(8-11(2)16-10)9-15-13(17)5-3-4-6-14(18)19/h7-8H,3-6,9H2,1-2H3,(H,15,17)(H,18,19). The molecule has 19 heavy (non-hydrogen) atoms. The normalized spacial score (nSPS) is 10.2. The van der Waals surface area contributed by atoms with Crippen molar-refractivity contribution in [3.8, 4) is 0 Å². The van der Waals surface area contributed by atoms with E-state index in [2.05, 4.69) is 10.3 Å². The average molecular weight is 264 g/mol. The fourth-order valence-electron chi connectivity index (χ4n) is 1.87. The summed E-state index contributed by atoms with van der Waals surface area (Å²) in [6.07, 6.45) is 1.63. The van der Waals surface area contributed by atoms with E-state index in [1.807, 2.05) is 26.0 Å². The van der Waals surface area contributed by atoms with Crippen LogP contribution in [0.1, 0.15) is 42.6 Å². The van der Waals surface area contributed by atoms with Gasteiger partial charge in [0.05, 0.1) is 0 Å². The molecule has 0 aliphatic heterocycles. The Kier molecular flexibility index (Phi) is 5.99. The van der Waals surface area contributed by atoms with Crippen LogP contribution in [0.5, 0.6) is 0 Å². The summed E-state index contributed by atoms with van der Waals surface area (Å²) < 4.78 is 0. The fraction of sp³-hybridized carbons (Fsp3) is 0.500. The van der Waals surface area contributed by atoms with Crippen molar-refractivity contribution < 1.29 is 14.7 Å². The van der Waals surface area contributed by atoms with Crippen molar-refractivity contribution >= 4 is 11.9 Å². The Morgan fingerprint density at radius 3 is 2.32 bits per heavy atom. The first-order valence-electron chi connectivity index (χ1n) is 6.40. The lowest BCUT2D eigenvalue weighted by Crippen LogP contribution is -2.22. The molecule has 104 valence electrons. The molecule has 0 unspecified atom stereocenters. The van der Waals surface area contributed by atoms with E-state index in [1.54, 1.807) is 0 Å². The summed E-state index contributed by atoms with van der Waals surface area (Å²) in [6.45, 7) is 4.33. The summed E-state index contributed by atoms with van der Waals surface area (Å²) in [5, 5.41) is 11.3. The molecule has 1 rings (SSSR count). The molecule has 1 aromatic rings. The largest absolute Gasteiger partial charge is 0.481 e. The minimum absolute atomic E-state index is 0.0440. The van der Waals surface area contributed by atoms with Gasteiger partial charge in [-0.3, -0.25) is 14.6 Å². The number of hydrogen-bond acceptors (Lipinski definition) is 3. The molecule has 1 amide bonds. The molecular weight excluding hydrogens is 244 g/mol. The number of aromatic nitrogens is 1. The van der Waals surface area contributed by atoms with Gasteiger partial charge < -0.3 is 10.4 Å². The van der Waals surface area contributed by atoms with Crippen LogP contribution < -0.4 is 5.32 Å². The van der Waals surface area contributed by atoms with Crippen LogP contribution in [0.2, 0.25) is 0 Å². The minimum Gasteiger partial charge on any atom is -0.481 e. The highest BCUT2D eigenvalue weighted by atomic mass is 16.4. The summed E-state index contributed by atoms with van der Waals surface area (Å²) >= 11 is 0. The van der Waals surface area contributed by atoms with Gasteiger partial charge in [-0.15, -0.1) is 0 Å². The zero-order valence-corrected chi connectivity index (χ0v) is 11.4. The van der Waals surface area contributed by atoms with E-state index < -0.39 is 5.97 Å². The third kappa shape index (κ3) is 6.55. The van der Waals surface area contributed by atoms with Crippen LogP contribution in [-0.2, 0) is 16.1 Å². The number of carboxylic acids is 1. The van der Waals surface area contributed by atoms with Crippen LogP contribution in [0.3, 0.4) is 0 Å². The predicted octanol–water partition coefficient (Wildman–Crippen LogP) is 1.96. The van der Waals surface area contributed by atoms with Gasteiger partial charge in [0.25, 0.3) is 0 Å². The lowest BCUT2D eigenvalue weighted by molar-refractivity contribution is -0.137. The molecule has 0 radical (unpaired) electrons. The highest BCUT2D eigenvalue weighted by Gasteiger charge is 2.04. The van der Waals surface area contributed by atoms with Crippen molar-refractivity contribution in [3.05, 3.63) is 29.1 Å². The van der Waals surface area contributed by atoms with Gasteiger partial charge >= 0.3 is 5.97 Å². The average Bonchev–Trinajstić information content (AvgIpc) is 2.31. The van der Waals surface area contributed by atoms with Gasteiger partial charge in [-0.05, 0) is 44.4 Å². The van der Waals surface area contributed by atoms with Gasteiger partial charge in [-0.25, -0.2) is 0 Å². The van der Waals surface area contributed by atoms with Crippen LogP contribution in [0.25, 0.3) is 0 Å². The molecule has 0 aliphatic carbocycles. The van der Waals surface area contributed by atoms with E-state index in [0.29, 0.717) is 25.8 Å². The molecular formula is C14H20N2O3. The lowest BCUT2D eigenvalue weighted by atomic mass is 10.1. The molecule has 0 atom stereocenters. The molecule has 0 saturated carbocycles.